The fraction of sp³-hybridized carbons (Fsp3) is 0.344. The molecule has 0 aromatic heterocycles. The second-order valence-corrected chi connectivity index (χ2v) is 25.9. The number of halogens is 10. The predicted molar refractivity (Wildman–Crippen MR) is 309 cm³/mol. The summed E-state index contributed by atoms with van der Waals surface area (Å²) in [5.41, 5.74) is 4.36. The number of phenols is 2. The number of rotatable bonds is 14. The van der Waals surface area contributed by atoms with Gasteiger partial charge in [-0.1, -0.05) is 183 Å². The van der Waals surface area contributed by atoms with E-state index in [0.717, 1.165) is 34.7 Å². The summed E-state index contributed by atoms with van der Waals surface area (Å²) in [6, 6.07) is 23.3. The maximum atomic E-state index is 14.7. The van der Waals surface area contributed by atoms with Gasteiger partial charge in [0.1, 0.15) is 36.1 Å². The van der Waals surface area contributed by atoms with Gasteiger partial charge >= 0.3 is 35.6 Å². The van der Waals surface area contributed by atoms with Crippen molar-refractivity contribution in [2.24, 2.45) is 9.98 Å². The molecule has 2 atom stereocenters. The molecule has 2 N–H and O–H groups in total. The number of aliphatic imine (C=N–C) groups is 2. The van der Waals surface area contributed by atoms with Crippen molar-refractivity contribution in [3.05, 3.63) is 200 Å². The van der Waals surface area contributed by atoms with Gasteiger partial charge in [0.15, 0.2) is 34.8 Å². The third-order valence-electron chi connectivity index (χ3n) is 13.3. The standard InChI is InChI=1S/2C32H35F4NO2.2ClH.Ti/c2*1-9-14-39-30-26(35)24(33)28(25(34)27(30)36)37-17-20-15-22(32(6,7)8)16-23(29(20)38)18(2)19-10-12-21(13-11-19)31(3,4)5;;;/h2*9-13,15-18,38H,1,14H2,2-8H3;2*1H;/q;;;;+2/p-2. The van der Waals surface area contributed by atoms with Gasteiger partial charge in [-0.15, -0.1) is 0 Å². The van der Waals surface area contributed by atoms with Gasteiger partial charge in [0, 0.05) is 46.5 Å². The van der Waals surface area contributed by atoms with Crippen molar-refractivity contribution in [2.45, 2.75) is 130 Å². The molecular weight excluding hydrogens is 1130 g/mol. The van der Waals surface area contributed by atoms with Crippen molar-refractivity contribution >= 4 is 42.4 Å². The zero-order chi connectivity index (χ0) is 61.3. The Balaban J connectivity index is 0.000000332. The van der Waals surface area contributed by atoms with Crippen LogP contribution in [0.4, 0.5) is 46.5 Å². The molecule has 81 heavy (non-hydrogen) atoms. The first-order chi connectivity index (χ1) is 37.6. The quantitative estimate of drug-likeness (QED) is 0.0374. The Hall–Kier alpha value is -5.93. The first-order valence-corrected chi connectivity index (χ1v) is 30.1. The molecule has 17 heteroatoms. The van der Waals surface area contributed by atoms with E-state index in [1.807, 2.05) is 91.8 Å². The summed E-state index contributed by atoms with van der Waals surface area (Å²) in [5.74, 6) is -16.8. The maximum absolute atomic E-state index is 14.7. The zero-order valence-corrected chi connectivity index (χ0v) is 51.2. The Morgan fingerprint density at radius 1 is 0.469 bits per heavy atom. The number of aromatic hydroxyl groups is 2. The summed E-state index contributed by atoms with van der Waals surface area (Å²) < 4.78 is 126. The topological polar surface area (TPSA) is 83.6 Å². The molecule has 6 rings (SSSR count). The van der Waals surface area contributed by atoms with Crippen molar-refractivity contribution in [1.29, 1.82) is 0 Å². The third kappa shape index (κ3) is 16.6. The van der Waals surface area contributed by atoms with Crippen LogP contribution in [0.15, 0.2) is 108 Å². The monoisotopic (exact) mass is 1200 g/mol. The molecule has 0 aliphatic heterocycles. The van der Waals surface area contributed by atoms with Crippen LogP contribution in [-0.4, -0.2) is 35.9 Å². The van der Waals surface area contributed by atoms with Crippen LogP contribution in [0.25, 0.3) is 0 Å². The van der Waals surface area contributed by atoms with Gasteiger partial charge in [-0.05, 0) is 67.2 Å². The number of hydrogen-bond donors (Lipinski definition) is 2. The van der Waals surface area contributed by atoms with Crippen molar-refractivity contribution < 1.29 is 71.8 Å². The second-order valence-electron chi connectivity index (χ2n) is 23.3. The van der Waals surface area contributed by atoms with Crippen LogP contribution in [0.1, 0.15) is 164 Å². The fourth-order valence-corrected chi connectivity index (χ4v) is 8.22. The number of hydrogen-bond acceptors (Lipinski definition) is 6. The number of nitrogens with zero attached hydrogens (tertiary/aromatic N) is 2. The van der Waals surface area contributed by atoms with Gasteiger partial charge in [-0.3, -0.25) is 0 Å². The molecule has 0 heterocycles. The average Bonchev–Trinajstić information content (AvgIpc) is 3.41. The van der Waals surface area contributed by atoms with Gasteiger partial charge in [0.2, 0.25) is 23.3 Å². The summed E-state index contributed by atoms with van der Waals surface area (Å²) in [6.07, 6.45) is 4.38. The van der Waals surface area contributed by atoms with Crippen LogP contribution >= 0.6 is 18.6 Å². The van der Waals surface area contributed by atoms with E-state index in [9.17, 15) is 45.3 Å². The average molecular weight is 1200 g/mol. The summed E-state index contributed by atoms with van der Waals surface area (Å²) in [7, 11) is 9.78. The Morgan fingerprint density at radius 2 is 0.728 bits per heavy atom. The Kier molecular flexibility index (Phi) is 23.3. The summed E-state index contributed by atoms with van der Waals surface area (Å²) in [5, 5.41) is 22.4. The van der Waals surface area contributed by atoms with Crippen LogP contribution in [0, 0.1) is 46.5 Å². The Bertz CT molecular complexity index is 2990. The molecule has 0 bridgehead atoms. The first-order valence-electron chi connectivity index (χ1n) is 25.8. The molecule has 0 fully saturated rings. The summed E-state index contributed by atoms with van der Waals surface area (Å²) in [6.45, 7) is 34.5. The van der Waals surface area contributed by atoms with Crippen molar-refractivity contribution in [3.8, 4) is 23.0 Å². The first kappa shape index (κ1) is 67.6. The molecule has 0 saturated heterocycles. The Morgan fingerprint density at radius 3 is 0.963 bits per heavy atom. The molecule has 0 aliphatic carbocycles. The van der Waals surface area contributed by atoms with E-state index in [1.165, 1.54) is 23.3 Å². The van der Waals surface area contributed by atoms with Crippen LogP contribution in [0.2, 0.25) is 0 Å². The van der Waals surface area contributed by atoms with Crippen LogP contribution in [0.5, 0.6) is 23.0 Å². The molecule has 0 spiro atoms. The van der Waals surface area contributed by atoms with E-state index in [1.54, 1.807) is 12.1 Å². The van der Waals surface area contributed by atoms with E-state index in [4.69, 9.17) is 28.1 Å². The van der Waals surface area contributed by atoms with Crippen molar-refractivity contribution in [2.75, 3.05) is 13.2 Å². The van der Waals surface area contributed by atoms with E-state index in [-0.39, 0.29) is 69.3 Å². The molecule has 0 aliphatic rings. The zero-order valence-electron chi connectivity index (χ0n) is 48.1. The number of benzene rings is 6. The van der Waals surface area contributed by atoms with Crippen LogP contribution in [0.3, 0.4) is 0 Å². The summed E-state index contributed by atoms with van der Waals surface area (Å²) >= 11 is -0.556. The Labute approximate surface area is 488 Å². The molecule has 6 aromatic carbocycles. The van der Waals surface area contributed by atoms with Gasteiger partial charge in [-0.25, -0.2) is 27.5 Å². The van der Waals surface area contributed by atoms with Gasteiger partial charge in [-0.2, -0.15) is 17.6 Å². The summed E-state index contributed by atoms with van der Waals surface area (Å²) in [4.78, 5) is 7.45. The van der Waals surface area contributed by atoms with E-state index in [2.05, 4.69) is 89.0 Å². The molecular formula is C64H70Cl2F8N2O4Ti. The SMILES string of the molecule is C=CCOc1c(F)c(F)c(N=Cc2cc(C(C)(C)C)cc(C(C)c3ccc(C(C)(C)C)cc3)c2O)c(F)c1F.C=CCOc1c(F)c(F)c(N=Cc2cc(C(C)(C)C)cc(C(C)c3ccc(C(C)(C)C)cc3)c2O)c(F)c1F.[Cl][Ti][Cl]. The molecule has 0 saturated carbocycles. The molecule has 2 unspecified atom stereocenters. The number of phenolic OH excluding ortho intramolecular Hbond substituents is 2. The van der Waals surface area contributed by atoms with Gasteiger partial charge in [0.05, 0.1) is 0 Å². The molecule has 6 aromatic rings. The molecule has 434 valence electrons. The number of ether oxygens (including phenoxy) is 2. The van der Waals surface area contributed by atoms with Gasteiger partial charge < -0.3 is 19.7 Å². The van der Waals surface area contributed by atoms with E-state index in [0.29, 0.717) is 11.1 Å². The third-order valence-corrected chi connectivity index (χ3v) is 13.3. The molecule has 0 amide bonds. The molecule has 0 radical (unpaired) electrons. The minimum atomic E-state index is -1.71. The van der Waals surface area contributed by atoms with E-state index < -0.39 is 86.4 Å². The van der Waals surface area contributed by atoms with Crippen LogP contribution < -0.4 is 9.47 Å². The molecule has 6 nitrogen and oxygen atoms in total. The van der Waals surface area contributed by atoms with Crippen molar-refractivity contribution in [3.63, 3.8) is 0 Å². The normalized spacial score (nSPS) is 12.8. The fourth-order valence-electron chi connectivity index (χ4n) is 8.22. The van der Waals surface area contributed by atoms with Crippen molar-refractivity contribution in [1.82, 2.24) is 0 Å². The minimum absolute atomic E-state index is 0.0147. The van der Waals surface area contributed by atoms with Gasteiger partial charge in [0.25, 0.3) is 0 Å². The van der Waals surface area contributed by atoms with Crippen LogP contribution in [-0.2, 0) is 38.7 Å². The predicted octanol–water partition coefficient (Wildman–Crippen LogP) is 19.4. The second kappa shape index (κ2) is 27.9. The van der Waals surface area contributed by atoms with E-state index >= 15 is 0 Å².